The highest BCUT2D eigenvalue weighted by molar-refractivity contribution is 5.78. The quantitative estimate of drug-likeness (QED) is 0.899. The highest BCUT2D eigenvalue weighted by Gasteiger charge is 2.24. The van der Waals surface area contributed by atoms with Gasteiger partial charge in [-0.2, -0.15) is 0 Å². The third-order valence-electron chi connectivity index (χ3n) is 5.26. The van der Waals surface area contributed by atoms with Crippen molar-refractivity contribution in [2.45, 2.75) is 45.1 Å². The number of aryl methyl sites for hydroxylation is 1. The van der Waals surface area contributed by atoms with Gasteiger partial charge in [-0.3, -0.25) is 4.79 Å². The first kappa shape index (κ1) is 18.5. The van der Waals surface area contributed by atoms with E-state index in [4.69, 9.17) is 4.74 Å². The Morgan fingerprint density at radius 3 is 2.50 bits per heavy atom. The third kappa shape index (κ3) is 4.90. The molecule has 3 amide bonds. The van der Waals surface area contributed by atoms with E-state index in [1.165, 1.54) is 12.8 Å². The summed E-state index contributed by atoms with van der Waals surface area (Å²) in [5.74, 6) is 0.722. The minimum Gasteiger partial charge on any atom is -0.484 e. The molecule has 1 aromatic carbocycles. The highest BCUT2D eigenvalue weighted by atomic mass is 16.5. The van der Waals surface area contributed by atoms with E-state index < -0.39 is 0 Å². The van der Waals surface area contributed by atoms with Crippen molar-refractivity contribution in [3.05, 3.63) is 29.8 Å². The van der Waals surface area contributed by atoms with Crippen LogP contribution in [0.1, 0.15) is 37.7 Å². The van der Waals surface area contributed by atoms with Gasteiger partial charge in [0, 0.05) is 32.2 Å². The molecule has 0 unspecified atom stereocenters. The summed E-state index contributed by atoms with van der Waals surface area (Å²) in [6.45, 7) is 4.51. The van der Waals surface area contributed by atoms with Gasteiger partial charge >= 0.3 is 6.03 Å². The second-order valence-corrected chi connectivity index (χ2v) is 7.21. The molecule has 6 nitrogen and oxygen atoms in total. The van der Waals surface area contributed by atoms with Crippen LogP contribution in [-0.4, -0.2) is 60.6 Å². The molecule has 1 aliphatic heterocycles. The van der Waals surface area contributed by atoms with E-state index in [9.17, 15) is 9.59 Å². The van der Waals surface area contributed by atoms with Gasteiger partial charge in [0.2, 0.25) is 0 Å². The molecule has 1 saturated heterocycles. The molecule has 26 heavy (non-hydrogen) atoms. The average Bonchev–Trinajstić information content (AvgIpc) is 3.02. The molecule has 3 rings (SSSR count). The van der Waals surface area contributed by atoms with Gasteiger partial charge in [-0.25, -0.2) is 4.79 Å². The highest BCUT2D eigenvalue weighted by Crippen LogP contribution is 2.18. The first-order valence-corrected chi connectivity index (χ1v) is 9.65. The van der Waals surface area contributed by atoms with Gasteiger partial charge in [0.1, 0.15) is 5.75 Å². The fourth-order valence-electron chi connectivity index (χ4n) is 3.66. The van der Waals surface area contributed by atoms with Crippen LogP contribution in [0.2, 0.25) is 0 Å². The Labute approximate surface area is 155 Å². The van der Waals surface area contributed by atoms with E-state index in [-0.39, 0.29) is 18.5 Å². The average molecular weight is 359 g/mol. The van der Waals surface area contributed by atoms with Crippen LogP contribution in [0.5, 0.6) is 5.75 Å². The molecule has 1 aromatic rings. The molecule has 0 spiro atoms. The fourth-order valence-corrected chi connectivity index (χ4v) is 3.66. The Bertz CT molecular complexity index is 628. The van der Waals surface area contributed by atoms with E-state index in [1.807, 2.05) is 36.1 Å². The van der Waals surface area contributed by atoms with Gasteiger partial charge in [-0.05, 0) is 37.8 Å². The zero-order valence-electron chi connectivity index (χ0n) is 15.6. The van der Waals surface area contributed by atoms with Crippen molar-refractivity contribution >= 4 is 11.9 Å². The molecule has 2 aliphatic rings. The summed E-state index contributed by atoms with van der Waals surface area (Å²) in [6, 6.07) is 8.03. The van der Waals surface area contributed by atoms with Crippen LogP contribution >= 0.6 is 0 Å². The summed E-state index contributed by atoms with van der Waals surface area (Å²) < 4.78 is 5.67. The van der Waals surface area contributed by atoms with Crippen LogP contribution < -0.4 is 10.1 Å². The number of rotatable bonds is 4. The largest absolute Gasteiger partial charge is 0.484 e. The van der Waals surface area contributed by atoms with E-state index in [0.29, 0.717) is 32.2 Å². The zero-order chi connectivity index (χ0) is 18.4. The van der Waals surface area contributed by atoms with Crippen molar-refractivity contribution in [2.75, 3.05) is 32.8 Å². The molecule has 0 atom stereocenters. The van der Waals surface area contributed by atoms with Crippen molar-refractivity contribution in [2.24, 2.45) is 0 Å². The number of para-hydroxylation sites is 1. The molecule has 1 saturated carbocycles. The van der Waals surface area contributed by atoms with Crippen molar-refractivity contribution in [1.29, 1.82) is 0 Å². The summed E-state index contributed by atoms with van der Waals surface area (Å²) in [5, 5.41) is 3.13. The smallest absolute Gasteiger partial charge is 0.317 e. The topological polar surface area (TPSA) is 61.9 Å². The van der Waals surface area contributed by atoms with Gasteiger partial charge in [-0.1, -0.05) is 31.0 Å². The number of carbonyl (C=O) groups excluding carboxylic acids is 2. The molecule has 1 aliphatic carbocycles. The number of hydrogen-bond acceptors (Lipinski definition) is 3. The predicted molar refractivity (Wildman–Crippen MR) is 100 cm³/mol. The number of hydrogen-bond donors (Lipinski definition) is 1. The van der Waals surface area contributed by atoms with Crippen LogP contribution in [0.25, 0.3) is 0 Å². The van der Waals surface area contributed by atoms with Gasteiger partial charge < -0.3 is 19.9 Å². The second-order valence-electron chi connectivity index (χ2n) is 7.21. The number of carbonyl (C=O) groups is 2. The Hall–Kier alpha value is -2.24. The summed E-state index contributed by atoms with van der Waals surface area (Å²) >= 11 is 0. The van der Waals surface area contributed by atoms with E-state index in [0.717, 1.165) is 30.6 Å². The zero-order valence-corrected chi connectivity index (χ0v) is 15.6. The maximum absolute atomic E-state index is 12.5. The third-order valence-corrected chi connectivity index (χ3v) is 5.26. The Morgan fingerprint density at radius 2 is 1.73 bits per heavy atom. The molecular weight excluding hydrogens is 330 g/mol. The number of benzene rings is 1. The maximum atomic E-state index is 12.5. The van der Waals surface area contributed by atoms with Crippen molar-refractivity contribution in [3.63, 3.8) is 0 Å². The molecule has 0 radical (unpaired) electrons. The minimum atomic E-state index is -0.0219. The SMILES string of the molecule is Cc1ccccc1OCC(=O)N1CCCN(C(=O)NC2CCCC2)CC1. The lowest BCUT2D eigenvalue weighted by Gasteiger charge is -2.24. The fraction of sp³-hybridized carbons (Fsp3) is 0.600. The summed E-state index contributed by atoms with van der Waals surface area (Å²) in [5.41, 5.74) is 1.02. The van der Waals surface area contributed by atoms with Crippen LogP contribution in [0.4, 0.5) is 4.79 Å². The molecule has 6 heteroatoms. The first-order valence-electron chi connectivity index (χ1n) is 9.65. The van der Waals surface area contributed by atoms with Crippen molar-refractivity contribution in [1.82, 2.24) is 15.1 Å². The minimum absolute atomic E-state index is 0.0161. The molecule has 0 aromatic heterocycles. The summed E-state index contributed by atoms with van der Waals surface area (Å²) in [6.07, 6.45) is 5.37. The monoisotopic (exact) mass is 359 g/mol. The lowest BCUT2D eigenvalue weighted by Crippen LogP contribution is -2.46. The van der Waals surface area contributed by atoms with E-state index >= 15 is 0 Å². The molecule has 2 fully saturated rings. The summed E-state index contributed by atoms with van der Waals surface area (Å²) in [4.78, 5) is 28.5. The van der Waals surface area contributed by atoms with Gasteiger partial charge in [0.15, 0.2) is 6.61 Å². The van der Waals surface area contributed by atoms with Crippen LogP contribution in [-0.2, 0) is 4.79 Å². The van der Waals surface area contributed by atoms with E-state index in [2.05, 4.69) is 5.32 Å². The van der Waals surface area contributed by atoms with Crippen molar-refractivity contribution < 1.29 is 14.3 Å². The molecular formula is C20H29N3O3. The number of ether oxygens (including phenoxy) is 1. The molecule has 1 N–H and O–H groups in total. The summed E-state index contributed by atoms with van der Waals surface area (Å²) in [7, 11) is 0. The van der Waals surface area contributed by atoms with Gasteiger partial charge in [-0.15, -0.1) is 0 Å². The Morgan fingerprint density at radius 1 is 1.04 bits per heavy atom. The standard InChI is InChI=1S/C20H29N3O3/c1-16-7-2-5-10-18(16)26-15-19(24)22-11-6-12-23(14-13-22)20(25)21-17-8-3-4-9-17/h2,5,7,10,17H,3-4,6,8-9,11-15H2,1H3,(H,21,25). The lowest BCUT2D eigenvalue weighted by molar-refractivity contribution is -0.133. The van der Waals surface area contributed by atoms with Crippen LogP contribution in [0.15, 0.2) is 24.3 Å². The second kappa shape index (κ2) is 8.92. The van der Waals surface area contributed by atoms with E-state index in [1.54, 1.807) is 4.90 Å². The molecule has 0 bridgehead atoms. The number of amides is 3. The normalized spacial score (nSPS) is 18.5. The number of nitrogens with zero attached hydrogens (tertiary/aromatic N) is 2. The number of nitrogens with one attached hydrogen (secondary N) is 1. The van der Waals surface area contributed by atoms with Gasteiger partial charge in [0.25, 0.3) is 5.91 Å². The molecule has 142 valence electrons. The predicted octanol–water partition coefficient (Wildman–Crippen LogP) is 2.56. The van der Waals surface area contributed by atoms with Crippen LogP contribution in [0.3, 0.4) is 0 Å². The lowest BCUT2D eigenvalue weighted by atomic mass is 10.2. The Kier molecular flexibility index (Phi) is 6.36. The first-order chi connectivity index (χ1) is 12.6. The maximum Gasteiger partial charge on any atom is 0.317 e. The van der Waals surface area contributed by atoms with Crippen LogP contribution in [0, 0.1) is 6.92 Å². The number of urea groups is 1. The Balaban J connectivity index is 1.46. The molecule has 1 heterocycles. The van der Waals surface area contributed by atoms with Crippen molar-refractivity contribution in [3.8, 4) is 5.75 Å². The van der Waals surface area contributed by atoms with Gasteiger partial charge in [0.05, 0.1) is 0 Å².